The third-order valence-electron chi connectivity index (χ3n) is 5.65. The predicted molar refractivity (Wildman–Crippen MR) is 108 cm³/mol. The minimum absolute atomic E-state index is 0.143. The fourth-order valence-corrected chi connectivity index (χ4v) is 3.86. The number of nitrogens with zero attached hydrogens (tertiary/aromatic N) is 2. The van der Waals surface area contributed by atoms with Crippen molar-refractivity contribution >= 4 is 11.4 Å². The number of benzene rings is 2. The van der Waals surface area contributed by atoms with Crippen LogP contribution in [0.4, 0.5) is 11.4 Å². The van der Waals surface area contributed by atoms with Crippen LogP contribution < -0.4 is 4.90 Å². The first-order valence-corrected chi connectivity index (χ1v) is 9.73. The van der Waals surface area contributed by atoms with Gasteiger partial charge in [0.15, 0.2) is 0 Å². The molecule has 2 aromatic rings. The average molecular weight is 368 g/mol. The third-order valence-corrected chi connectivity index (χ3v) is 5.65. The fourth-order valence-electron chi connectivity index (χ4n) is 3.86. The Morgan fingerprint density at radius 2 is 1.74 bits per heavy atom. The molecule has 0 bridgehead atoms. The van der Waals surface area contributed by atoms with Gasteiger partial charge in [-0.1, -0.05) is 30.3 Å². The van der Waals surface area contributed by atoms with Crippen molar-refractivity contribution in [1.82, 2.24) is 0 Å². The molecule has 5 nitrogen and oxygen atoms in total. The molecular formula is C22H28N2O3. The summed E-state index contributed by atoms with van der Waals surface area (Å²) in [7, 11) is 0. The second-order valence-electron chi connectivity index (χ2n) is 7.38. The molecule has 0 atom stereocenters. The molecule has 0 N–H and O–H groups in total. The van der Waals surface area contributed by atoms with Crippen molar-refractivity contribution in [3.63, 3.8) is 0 Å². The molecule has 0 radical (unpaired) electrons. The van der Waals surface area contributed by atoms with Gasteiger partial charge >= 0.3 is 0 Å². The van der Waals surface area contributed by atoms with E-state index in [2.05, 4.69) is 42.2 Å². The van der Waals surface area contributed by atoms with Crippen molar-refractivity contribution in [3.8, 4) is 0 Å². The van der Waals surface area contributed by atoms with E-state index in [4.69, 9.17) is 4.74 Å². The predicted octanol–water partition coefficient (Wildman–Crippen LogP) is 4.85. The van der Waals surface area contributed by atoms with Gasteiger partial charge in [0.25, 0.3) is 5.69 Å². The molecule has 1 aliphatic heterocycles. The Hall–Kier alpha value is -2.40. The molecule has 1 saturated heterocycles. The van der Waals surface area contributed by atoms with Gasteiger partial charge in [-0.05, 0) is 55.7 Å². The smallest absolute Gasteiger partial charge is 0.269 e. The summed E-state index contributed by atoms with van der Waals surface area (Å²) >= 11 is 0. The molecule has 0 amide bonds. The number of hydrogen-bond acceptors (Lipinski definition) is 4. The van der Waals surface area contributed by atoms with E-state index in [0.29, 0.717) is 0 Å². The van der Waals surface area contributed by atoms with E-state index in [-0.39, 0.29) is 16.0 Å². The Bertz CT molecular complexity index is 723. The summed E-state index contributed by atoms with van der Waals surface area (Å²) in [4.78, 5) is 12.8. The van der Waals surface area contributed by atoms with Crippen LogP contribution in [0.15, 0.2) is 54.6 Å². The average Bonchev–Trinajstić information content (AvgIpc) is 2.72. The molecule has 27 heavy (non-hydrogen) atoms. The highest BCUT2D eigenvalue weighted by Crippen LogP contribution is 2.38. The zero-order chi connectivity index (χ0) is 19.1. The molecular weight excluding hydrogens is 340 g/mol. The van der Waals surface area contributed by atoms with Gasteiger partial charge < -0.3 is 9.64 Å². The van der Waals surface area contributed by atoms with Gasteiger partial charge in [0.05, 0.1) is 11.5 Å². The summed E-state index contributed by atoms with van der Waals surface area (Å²) < 4.78 is 5.85. The molecule has 144 valence electrons. The van der Waals surface area contributed by atoms with Crippen LogP contribution in [0.3, 0.4) is 0 Å². The van der Waals surface area contributed by atoms with Crippen LogP contribution in [0.5, 0.6) is 0 Å². The molecule has 1 aliphatic rings. The summed E-state index contributed by atoms with van der Waals surface area (Å²) in [6, 6.07) is 17.5. The summed E-state index contributed by atoms with van der Waals surface area (Å²) in [6.07, 6.45) is 4.37. The molecule has 0 spiro atoms. The van der Waals surface area contributed by atoms with Gasteiger partial charge in [-0.3, -0.25) is 10.1 Å². The fraction of sp³-hybridized carbons (Fsp3) is 0.455. The van der Waals surface area contributed by atoms with Gasteiger partial charge in [0.2, 0.25) is 0 Å². The van der Waals surface area contributed by atoms with Crippen molar-refractivity contribution < 1.29 is 9.66 Å². The van der Waals surface area contributed by atoms with Crippen molar-refractivity contribution in [1.29, 1.82) is 0 Å². The molecule has 2 aromatic carbocycles. The highest BCUT2D eigenvalue weighted by molar-refractivity contribution is 5.51. The highest BCUT2D eigenvalue weighted by atomic mass is 16.6. The van der Waals surface area contributed by atoms with E-state index in [0.717, 1.165) is 57.7 Å². The molecule has 0 unspecified atom stereocenters. The third kappa shape index (κ3) is 5.07. The zero-order valence-electron chi connectivity index (χ0n) is 16.0. The lowest BCUT2D eigenvalue weighted by Crippen LogP contribution is -2.43. The van der Waals surface area contributed by atoms with Crippen LogP contribution in [0, 0.1) is 15.5 Å². The quantitative estimate of drug-likeness (QED) is 0.494. The number of nitro benzene ring substituents is 1. The second kappa shape index (κ2) is 9.00. The minimum atomic E-state index is -0.351. The number of ether oxygens (including phenoxy) is 1. The summed E-state index contributed by atoms with van der Waals surface area (Å²) in [5.41, 5.74) is 2.80. The molecule has 5 heteroatoms. The molecule has 3 rings (SSSR count). The zero-order valence-corrected chi connectivity index (χ0v) is 16.0. The minimum Gasteiger partial charge on any atom is -0.381 e. The van der Waals surface area contributed by atoms with Crippen LogP contribution in [-0.2, 0) is 11.2 Å². The van der Waals surface area contributed by atoms with E-state index < -0.39 is 0 Å². The van der Waals surface area contributed by atoms with Crippen LogP contribution in [0.1, 0.15) is 31.7 Å². The van der Waals surface area contributed by atoms with Crippen molar-refractivity contribution in [2.75, 3.05) is 31.2 Å². The summed E-state index contributed by atoms with van der Waals surface area (Å²) in [6.45, 7) is 5.53. The van der Waals surface area contributed by atoms with Gasteiger partial charge in [-0.15, -0.1) is 0 Å². The molecule has 0 saturated carbocycles. The SMILES string of the molecule is CCOCC1(CCc2ccccc2)CCN(c2ccc([N+](=O)[O-])cc2)CC1. The van der Waals surface area contributed by atoms with Crippen LogP contribution >= 0.6 is 0 Å². The molecule has 0 aliphatic carbocycles. The maximum Gasteiger partial charge on any atom is 0.269 e. The standard InChI is InChI=1S/C22H28N2O3/c1-2-27-18-22(13-12-19-6-4-3-5-7-19)14-16-23(17-15-22)20-8-10-21(11-9-20)24(25)26/h3-11H,2,12-18H2,1H3. The first kappa shape index (κ1) is 19.4. The van der Waals surface area contributed by atoms with Crippen molar-refractivity contribution in [2.24, 2.45) is 5.41 Å². The number of piperidine rings is 1. The maximum atomic E-state index is 10.8. The monoisotopic (exact) mass is 368 g/mol. The Labute approximate surface area is 161 Å². The van der Waals surface area contributed by atoms with Gasteiger partial charge in [0, 0.05) is 37.5 Å². The molecule has 1 heterocycles. The Morgan fingerprint density at radius 3 is 2.33 bits per heavy atom. The number of non-ortho nitro benzene ring substituents is 1. The van der Waals surface area contributed by atoms with E-state index in [9.17, 15) is 10.1 Å². The van der Waals surface area contributed by atoms with Crippen molar-refractivity contribution in [2.45, 2.75) is 32.6 Å². The normalized spacial score (nSPS) is 16.3. The van der Waals surface area contributed by atoms with Gasteiger partial charge in [-0.25, -0.2) is 0 Å². The van der Waals surface area contributed by atoms with E-state index >= 15 is 0 Å². The topological polar surface area (TPSA) is 55.6 Å². The van der Waals surface area contributed by atoms with Crippen LogP contribution in [0.25, 0.3) is 0 Å². The lowest BCUT2D eigenvalue weighted by Gasteiger charge is -2.42. The Morgan fingerprint density at radius 1 is 1.07 bits per heavy atom. The lowest BCUT2D eigenvalue weighted by atomic mass is 9.74. The summed E-state index contributed by atoms with van der Waals surface area (Å²) in [5, 5.41) is 10.8. The largest absolute Gasteiger partial charge is 0.381 e. The number of anilines is 1. The summed E-state index contributed by atoms with van der Waals surface area (Å²) in [5.74, 6) is 0. The number of aryl methyl sites for hydroxylation is 1. The van der Waals surface area contributed by atoms with E-state index in [1.807, 2.05) is 12.1 Å². The van der Waals surface area contributed by atoms with Gasteiger partial charge in [-0.2, -0.15) is 0 Å². The van der Waals surface area contributed by atoms with Crippen LogP contribution in [0.2, 0.25) is 0 Å². The van der Waals surface area contributed by atoms with Gasteiger partial charge in [0.1, 0.15) is 0 Å². The maximum absolute atomic E-state index is 10.8. The Balaban J connectivity index is 1.63. The number of nitro groups is 1. The lowest BCUT2D eigenvalue weighted by molar-refractivity contribution is -0.384. The first-order chi connectivity index (χ1) is 13.1. The number of rotatable bonds is 8. The first-order valence-electron chi connectivity index (χ1n) is 9.73. The molecule has 1 fully saturated rings. The molecule has 0 aromatic heterocycles. The van der Waals surface area contributed by atoms with E-state index in [1.165, 1.54) is 5.56 Å². The Kier molecular flexibility index (Phi) is 6.45. The second-order valence-corrected chi connectivity index (χ2v) is 7.38. The number of hydrogen-bond donors (Lipinski definition) is 0. The van der Waals surface area contributed by atoms with Crippen LogP contribution in [-0.4, -0.2) is 31.2 Å². The van der Waals surface area contributed by atoms with Crippen molar-refractivity contribution in [3.05, 3.63) is 70.3 Å². The highest BCUT2D eigenvalue weighted by Gasteiger charge is 2.34. The van der Waals surface area contributed by atoms with E-state index in [1.54, 1.807) is 12.1 Å².